The van der Waals surface area contributed by atoms with Gasteiger partial charge < -0.3 is 10.1 Å². The average molecular weight is 347 g/mol. The summed E-state index contributed by atoms with van der Waals surface area (Å²) in [7, 11) is 1.69. The second-order valence-corrected chi connectivity index (χ2v) is 6.95. The van der Waals surface area contributed by atoms with Crippen LogP contribution in [0.5, 0.6) is 5.75 Å². The van der Waals surface area contributed by atoms with Crippen molar-refractivity contribution >= 4 is 0 Å². The second-order valence-electron chi connectivity index (χ2n) is 6.95. The Hall–Kier alpha value is -2.59. The average Bonchev–Trinajstić information content (AvgIpc) is 3.15. The molecule has 0 bridgehead atoms. The molecule has 4 rings (SSSR count). The van der Waals surface area contributed by atoms with Gasteiger partial charge in [-0.15, -0.1) is 0 Å². The first-order chi connectivity index (χ1) is 12.7. The van der Waals surface area contributed by atoms with Crippen molar-refractivity contribution < 1.29 is 4.74 Å². The second kappa shape index (κ2) is 7.34. The molecule has 0 spiro atoms. The van der Waals surface area contributed by atoms with Crippen molar-refractivity contribution in [1.29, 1.82) is 0 Å². The molecule has 1 saturated heterocycles. The molecule has 1 aliphatic heterocycles. The summed E-state index contributed by atoms with van der Waals surface area (Å²) in [6.07, 6.45) is 2.29. The largest absolute Gasteiger partial charge is 0.497 e. The van der Waals surface area contributed by atoms with Crippen molar-refractivity contribution in [2.75, 3.05) is 20.2 Å². The molecule has 0 saturated carbocycles. The Labute approximate surface area is 154 Å². The zero-order valence-corrected chi connectivity index (χ0v) is 15.4. The Morgan fingerprint density at radius 2 is 1.69 bits per heavy atom. The molecular formula is C22H25N3O. The Bertz CT molecular complexity index is 859. The van der Waals surface area contributed by atoms with Crippen molar-refractivity contribution in [2.24, 2.45) is 0 Å². The highest BCUT2D eigenvalue weighted by Gasteiger charge is 2.21. The molecule has 0 unspecified atom stereocenters. The van der Waals surface area contributed by atoms with Gasteiger partial charge in [0.2, 0.25) is 0 Å². The summed E-state index contributed by atoms with van der Waals surface area (Å²) in [5, 5.41) is 8.45. The van der Waals surface area contributed by atoms with E-state index in [1.807, 2.05) is 12.1 Å². The summed E-state index contributed by atoms with van der Waals surface area (Å²) in [6.45, 7) is 4.25. The first-order valence-electron chi connectivity index (χ1n) is 9.27. The lowest BCUT2D eigenvalue weighted by Gasteiger charge is -2.20. The number of hydrogen-bond acceptors (Lipinski definition) is 3. The van der Waals surface area contributed by atoms with E-state index in [-0.39, 0.29) is 0 Å². The molecule has 1 aliphatic rings. The molecule has 0 atom stereocenters. The van der Waals surface area contributed by atoms with Crippen LogP contribution in [0.3, 0.4) is 0 Å². The van der Waals surface area contributed by atoms with E-state index in [1.54, 1.807) is 7.11 Å². The van der Waals surface area contributed by atoms with Gasteiger partial charge in [0.25, 0.3) is 0 Å². The van der Waals surface area contributed by atoms with Gasteiger partial charge in [-0.25, -0.2) is 4.68 Å². The van der Waals surface area contributed by atoms with Crippen LogP contribution in [0.2, 0.25) is 0 Å². The first-order valence-corrected chi connectivity index (χ1v) is 9.27. The van der Waals surface area contributed by atoms with Crippen LogP contribution in [0.4, 0.5) is 0 Å². The molecule has 4 nitrogen and oxygen atoms in total. The number of benzene rings is 2. The Balaban J connectivity index is 1.78. The van der Waals surface area contributed by atoms with Gasteiger partial charge >= 0.3 is 0 Å². The predicted octanol–water partition coefficient (Wildman–Crippen LogP) is 4.32. The highest BCUT2D eigenvalue weighted by Crippen LogP contribution is 2.31. The molecule has 0 aliphatic carbocycles. The van der Waals surface area contributed by atoms with Crippen LogP contribution < -0.4 is 10.1 Å². The first kappa shape index (κ1) is 16.9. The molecule has 1 aromatic heterocycles. The van der Waals surface area contributed by atoms with E-state index in [2.05, 4.69) is 59.4 Å². The van der Waals surface area contributed by atoms with Crippen LogP contribution in [0.25, 0.3) is 16.9 Å². The van der Waals surface area contributed by atoms with Gasteiger partial charge in [-0.1, -0.05) is 29.8 Å². The highest BCUT2D eigenvalue weighted by molar-refractivity contribution is 5.63. The Morgan fingerprint density at radius 3 is 2.35 bits per heavy atom. The zero-order chi connectivity index (χ0) is 17.9. The molecular weight excluding hydrogens is 322 g/mol. The fraction of sp³-hybridized carbons (Fsp3) is 0.318. The fourth-order valence-corrected chi connectivity index (χ4v) is 3.57. The third-order valence-corrected chi connectivity index (χ3v) is 5.15. The standard InChI is InChI=1S/C22H25N3O/c1-16-3-5-18(6-4-16)22-15-21(17-11-13-23-14-12-17)24-25(22)19-7-9-20(26-2)10-8-19/h3-10,15,17,23H,11-14H2,1-2H3. The fourth-order valence-electron chi connectivity index (χ4n) is 3.57. The summed E-state index contributed by atoms with van der Waals surface area (Å²) in [6, 6.07) is 19.0. The summed E-state index contributed by atoms with van der Waals surface area (Å²) < 4.78 is 7.37. The van der Waals surface area contributed by atoms with Crippen molar-refractivity contribution in [2.45, 2.75) is 25.7 Å². The third kappa shape index (κ3) is 3.37. The lowest BCUT2D eigenvalue weighted by Crippen LogP contribution is -2.26. The number of piperidine rings is 1. The van der Waals surface area contributed by atoms with Crippen LogP contribution in [0.1, 0.15) is 30.0 Å². The monoisotopic (exact) mass is 347 g/mol. The van der Waals surface area contributed by atoms with Crippen molar-refractivity contribution in [3.63, 3.8) is 0 Å². The zero-order valence-electron chi connectivity index (χ0n) is 15.4. The van der Waals surface area contributed by atoms with Crippen molar-refractivity contribution in [1.82, 2.24) is 15.1 Å². The number of nitrogens with zero attached hydrogens (tertiary/aromatic N) is 2. The Morgan fingerprint density at radius 1 is 1.00 bits per heavy atom. The number of hydrogen-bond donors (Lipinski definition) is 1. The number of aromatic nitrogens is 2. The lowest BCUT2D eigenvalue weighted by molar-refractivity contribution is 0.414. The van der Waals surface area contributed by atoms with Crippen LogP contribution in [0, 0.1) is 6.92 Å². The van der Waals surface area contributed by atoms with Crippen molar-refractivity contribution in [3.8, 4) is 22.7 Å². The van der Waals surface area contributed by atoms with Crippen LogP contribution >= 0.6 is 0 Å². The molecule has 4 heteroatoms. The topological polar surface area (TPSA) is 39.1 Å². The molecule has 3 aromatic rings. The predicted molar refractivity (Wildman–Crippen MR) is 105 cm³/mol. The molecule has 0 radical (unpaired) electrons. The molecule has 26 heavy (non-hydrogen) atoms. The van der Waals surface area contributed by atoms with Gasteiger partial charge in [0.1, 0.15) is 5.75 Å². The van der Waals surface area contributed by atoms with Crippen LogP contribution in [0.15, 0.2) is 54.6 Å². The molecule has 0 amide bonds. The molecule has 2 heterocycles. The summed E-state index contributed by atoms with van der Waals surface area (Å²) in [4.78, 5) is 0. The van der Waals surface area contributed by atoms with Crippen LogP contribution in [-0.4, -0.2) is 30.0 Å². The van der Waals surface area contributed by atoms with E-state index in [0.717, 1.165) is 43.1 Å². The normalized spacial score (nSPS) is 15.2. The van der Waals surface area contributed by atoms with Gasteiger partial charge in [0.05, 0.1) is 24.2 Å². The van der Waals surface area contributed by atoms with Gasteiger partial charge in [0, 0.05) is 11.5 Å². The van der Waals surface area contributed by atoms with E-state index in [9.17, 15) is 0 Å². The summed E-state index contributed by atoms with van der Waals surface area (Å²) in [5.74, 6) is 1.39. The van der Waals surface area contributed by atoms with E-state index < -0.39 is 0 Å². The van der Waals surface area contributed by atoms with Crippen LogP contribution in [-0.2, 0) is 0 Å². The highest BCUT2D eigenvalue weighted by atomic mass is 16.5. The van der Waals surface area contributed by atoms with Gasteiger partial charge in [-0.3, -0.25) is 0 Å². The Kier molecular flexibility index (Phi) is 4.76. The maximum Gasteiger partial charge on any atom is 0.119 e. The number of nitrogens with one attached hydrogen (secondary N) is 1. The van der Waals surface area contributed by atoms with Gasteiger partial charge in [0.15, 0.2) is 0 Å². The smallest absolute Gasteiger partial charge is 0.119 e. The quantitative estimate of drug-likeness (QED) is 0.764. The maximum absolute atomic E-state index is 5.30. The van der Waals surface area contributed by atoms with Gasteiger partial charge in [-0.05, 0) is 63.2 Å². The third-order valence-electron chi connectivity index (χ3n) is 5.15. The number of aryl methyl sites for hydroxylation is 1. The summed E-state index contributed by atoms with van der Waals surface area (Å²) >= 11 is 0. The minimum absolute atomic E-state index is 0.528. The summed E-state index contributed by atoms with van der Waals surface area (Å²) in [5.41, 5.74) is 5.85. The van der Waals surface area contributed by atoms with Crippen molar-refractivity contribution in [3.05, 3.63) is 65.9 Å². The number of methoxy groups -OCH3 is 1. The molecule has 134 valence electrons. The van der Waals surface area contributed by atoms with E-state index in [4.69, 9.17) is 9.84 Å². The minimum atomic E-state index is 0.528. The number of rotatable bonds is 4. The molecule has 1 fully saturated rings. The SMILES string of the molecule is COc1ccc(-n2nc(C3CCNCC3)cc2-c2ccc(C)cc2)cc1. The van der Waals surface area contributed by atoms with E-state index in [0.29, 0.717) is 5.92 Å². The molecule has 2 aromatic carbocycles. The minimum Gasteiger partial charge on any atom is -0.497 e. The van der Waals surface area contributed by atoms with Gasteiger partial charge in [-0.2, -0.15) is 5.10 Å². The number of ether oxygens (including phenoxy) is 1. The molecule has 1 N–H and O–H groups in total. The van der Waals surface area contributed by atoms with E-state index in [1.165, 1.54) is 16.8 Å². The lowest BCUT2D eigenvalue weighted by atomic mass is 9.94. The van der Waals surface area contributed by atoms with E-state index >= 15 is 0 Å². The maximum atomic E-state index is 5.30.